The number of esters is 1. The molecule has 0 aliphatic heterocycles. The largest absolute Gasteiger partial charge is 0.462 e. The number of carbonyl (C=O) groups is 1. The monoisotopic (exact) mass is 206 g/mol. The maximum Gasteiger partial charge on any atom is 0.333 e. The molecule has 0 aromatic heterocycles. The molecule has 0 bridgehead atoms. The molecule has 0 rings (SSSR count). The first-order valence-corrected chi connectivity index (χ1v) is 7.21. The summed E-state index contributed by atoms with van der Waals surface area (Å²) in [6.07, 6.45) is 1.98. The second-order valence-corrected chi connectivity index (χ2v) is 4.88. The van der Waals surface area contributed by atoms with Gasteiger partial charge in [-0.1, -0.05) is 13.0 Å². The van der Waals surface area contributed by atoms with Gasteiger partial charge in [0.05, 0.1) is 6.61 Å². The molecule has 0 amide bonds. The third-order valence-corrected chi connectivity index (χ3v) is 2.93. The average molecular weight is 207 g/mol. The van der Waals surface area contributed by atoms with Gasteiger partial charge in [-0.3, -0.25) is 0 Å². The van der Waals surface area contributed by atoms with Crippen LogP contribution in [0.5, 0.6) is 0 Å². The predicted molar refractivity (Wildman–Crippen MR) is 54.2 cm³/mol. The van der Waals surface area contributed by atoms with Crippen LogP contribution < -0.4 is 0 Å². The number of hydrogen-bond acceptors (Lipinski definition) is 2. The van der Waals surface area contributed by atoms with Crippen LogP contribution in [-0.2, 0) is 9.53 Å². The first-order chi connectivity index (χ1) is 5.68. The Kier molecular flexibility index (Phi) is 7.20. The van der Waals surface area contributed by atoms with Crippen molar-refractivity contribution in [2.75, 3.05) is 6.61 Å². The molecule has 12 heavy (non-hydrogen) atoms. The number of halogens is 1. The van der Waals surface area contributed by atoms with Crippen molar-refractivity contribution in [3.63, 3.8) is 0 Å². The van der Waals surface area contributed by atoms with E-state index in [0.29, 0.717) is 12.2 Å². The molecule has 0 radical (unpaired) electrons. The molecule has 2 nitrogen and oxygen atoms in total. The van der Waals surface area contributed by atoms with E-state index < -0.39 is 0 Å². The van der Waals surface area contributed by atoms with Gasteiger partial charge in [0.15, 0.2) is 0 Å². The van der Waals surface area contributed by atoms with E-state index >= 15 is 0 Å². The van der Waals surface area contributed by atoms with E-state index in [9.17, 15) is 4.79 Å². The minimum atomic E-state index is -0.335. The van der Waals surface area contributed by atoms with E-state index in [1.807, 2.05) is 0 Å². The molecule has 0 atom stereocenters. The highest BCUT2D eigenvalue weighted by atomic mass is 35.6. The van der Waals surface area contributed by atoms with Gasteiger partial charge in [0.1, 0.15) is 8.83 Å². The Hall–Kier alpha value is -0.283. The molecule has 0 aliphatic carbocycles. The lowest BCUT2D eigenvalue weighted by atomic mass is 10.3. The summed E-state index contributed by atoms with van der Waals surface area (Å²) in [4.78, 5) is 10.8. The molecule has 4 heteroatoms. The zero-order valence-corrected chi connectivity index (χ0v) is 9.61. The molecule has 0 saturated carbocycles. The molecule has 0 saturated heterocycles. The SMILES string of the molecule is C=C(C)C(=O)OCCCC[SiH2]Cl. The number of unbranched alkanes of at least 4 members (excludes halogenated alkanes) is 1. The summed E-state index contributed by atoms with van der Waals surface area (Å²) in [5, 5.41) is 0. The smallest absolute Gasteiger partial charge is 0.333 e. The lowest BCUT2D eigenvalue weighted by Crippen LogP contribution is -2.06. The van der Waals surface area contributed by atoms with Crippen molar-refractivity contribution in [2.24, 2.45) is 0 Å². The van der Waals surface area contributed by atoms with Gasteiger partial charge in [0.2, 0.25) is 0 Å². The van der Waals surface area contributed by atoms with E-state index in [4.69, 9.17) is 15.8 Å². The van der Waals surface area contributed by atoms with Crippen LogP contribution in [0.1, 0.15) is 19.8 Å². The Bertz CT molecular complexity index is 159. The molecular formula is C8H15ClO2Si. The number of rotatable bonds is 6. The van der Waals surface area contributed by atoms with E-state index in [2.05, 4.69) is 6.58 Å². The van der Waals surface area contributed by atoms with Gasteiger partial charge < -0.3 is 4.74 Å². The molecule has 70 valence electrons. The van der Waals surface area contributed by atoms with Gasteiger partial charge in [-0.2, -0.15) is 11.1 Å². The fraction of sp³-hybridized carbons (Fsp3) is 0.625. The Morgan fingerprint density at radius 3 is 2.75 bits per heavy atom. The van der Waals surface area contributed by atoms with Crippen LogP contribution in [0.3, 0.4) is 0 Å². The third kappa shape index (κ3) is 6.43. The molecule has 0 aliphatic rings. The van der Waals surface area contributed by atoms with Crippen LogP contribution >= 0.6 is 11.1 Å². The Morgan fingerprint density at radius 2 is 2.25 bits per heavy atom. The highest BCUT2D eigenvalue weighted by Gasteiger charge is 2.01. The lowest BCUT2D eigenvalue weighted by molar-refractivity contribution is -0.139. The molecule has 0 N–H and O–H groups in total. The van der Waals surface area contributed by atoms with Crippen LogP contribution in [0.25, 0.3) is 0 Å². The summed E-state index contributed by atoms with van der Waals surface area (Å²) < 4.78 is 4.88. The second-order valence-electron chi connectivity index (χ2n) is 2.67. The zero-order valence-electron chi connectivity index (χ0n) is 7.44. The van der Waals surface area contributed by atoms with Crippen molar-refractivity contribution in [3.05, 3.63) is 12.2 Å². The van der Waals surface area contributed by atoms with E-state index in [1.54, 1.807) is 6.92 Å². The molecule has 0 fully saturated rings. The minimum Gasteiger partial charge on any atom is -0.462 e. The first-order valence-electron chi connectivity index (χ1n) is 4.07. The fourth-order valence-electron chi connectivity index (χ4n) is 0.661. The van der Waals surface area contributed by atoms with Crippen molar-refractivity contribution < 1.29 is 9.53 Å². The van der Waals surface area contributed by atoms with Gasteiger partial charge in [-0.25, -0.2) is 4.79 Å². The van der Waals surface area contributed by atoms with Crippen LogP contribution in [0.2, 0.25) is 6.04 Å². The minimum absolute atomic E-state index is 0.293. The summed E-state index contributed by atoms with van der Waals surface area (Å²) >= 11 is 5.61. The summed E-state index contributed by atoms with van der Waals surface area (Å²) in [6, 6.07) is 1.12. The number of carbonyl (C=O) groups excluding carboxylic acids is 1. The van der Waals surface area contributed by atoms with Crippen LogP contribution in [-0.4, -0.2) is 21.4 Å². The summed E-state index contributed by atoms with van der Waals surface area (Å²) in [6.45, 7) is 5.63. The highest BCUT2D eigenvalue weighted by molar-refractivity contribution is 6.93. The molecule has 0 aromatic rings. The molecule has 0 heterocycles. The van der Waals surface area contributed by atoms with E-state index in [0.717, 1.165) is 18.9 Å². The van der Waals surface area contributed by atoms with Gasteiger partial charge in [0, 0.05) is 5.57 Å². The maximum atomic E-state index is 10.8. The quantitative estimate of drug-likeness (QED) is 0.217. The Labute approximate surface area is 80.5 Å². The lowest BCUT2D eigenvalue weighted by Gasteiger charge is -2.02. The van der Waals surface area contributed by atoms with E-state index in [1.165, 1.54) is 0 Å². The average Bonchev–Trinajstić information content (AvgIpc) is 2.03. The van der Waals surface area contributed by atoms with Crippen molar-refractivity contribution in [1.29, 1.82) is 0 Å². The maximum absolute atomic E-state index is 10.8. The summed E-state index contributed by atoms with van der Waals surface area (Å²) in [5.74, 6) is -0.293. The molecular weight excluding hydrogens is 192 g/mol. The standard InChI is InChI=1S/C8H15ClO2Si/c1-7(2)8(10)11-5-3-4-6-12-9/h1,3-6,12H2,2H3. The van der Waals surface area contributed by atoms with Crippen LogP contribution in [0.4, 0.5) is 0 Å². The molecule has 0 unspecified atom stereocenters. The highest BCUT2D eigenvalue weighted by Crippen LogP contribution is 1.99. The van der Waals surface area contributed by atoms with Crippen molar-refractivity contribution in [1.82, 2.24) is 0 Å². The molecule has 0 spiro atoms. The number of ether oxygens (including phenoxy) is 1. The number of hydrogen-bond donors (Lipinski definition) is 0. The van der Waals surface area contributed by atoms with Gasteiger partial charge in [0.25, 0.3) is 0 Å². The summed E-state index contributed by atoms with van der Waals surface area (Å²) in [5.41, 5.74) is 0.460. The first kappa shape index (κ1) is 11.7. The normalized spacial score (nSPS) is 10.5. The Morgan fingerprint density at radius 1 is 1.58 bits per heavy atom. The zero-order chi connectivity index (χ0) is 9.40. The fourth-order valence-corrected chi connectivity index (χ4v) is 1.77. The van der Waals surface area contributed by atoms with Crippen molar-refractivity contribution >= 4 is 25.9 Å². The second kappa shape index (κ2) is 7.37. The van der Waals surface area contributed by atoms with Crippen LogP contribution in [0, 0.1) is 0 Å². The van der Waals surface area contributed by atoms with Crippen LogP contribution in [0.15, 0.2) is 12.2 Å². The van der Waals surface area contributed by atoms with E-state index in [-0.39, 0.29) is 14.8 Å². The van der Waals surface area contributed by atoms with Gasteiger partial charge in [-0.05, 0) is 19.4 Å². The van der Waals surface area contributed by atoms with Gasteiger partial charge in [-0.15, -0.1) is 0 Å². The van der Waals surface area contributed by atoms with Crippen molar-refractivity contribution in [3.8, 4) is 0 Å². The molecule has 0 aromatic carbocycles. The predicted octanol–water partition coefficient (Wildman–Crippen LogP) is 1.63. The third-order valence-electron chi connectivity index (χ3n) is 1.36. The summed E-state index contributed by atoms with van der Waals surface area (Å²) in [7, 11) is -0.335. The topological polar surface area (TPSA) is 26.3 Å². The van der Waals surface area contributed by atoms with Gasteiger partial charge >= 0.3 is 5.97 Å². The Balaban J connectivity index is 3.20. The van der Waals surface area contributed by atoms with Crippen molar-refractivity contribution in [2.45, 2.75) is 25.8 Å².